The summed E-state index contributed by atoms with van der Waals surface area (Å²) in [6.07, 6.45) is 2.28. The second-order valence-corrected chi connectivity index (χ2v) is 6.06. The Morgan fingerprint density at radius 3 is 2.52 bits per heavy atom. The van der Waals surface area contributed by atoms with E-state index in [4.69, 9.17) is 9.47 Å². The van der Waals surface area contributed by atoms with Gasteiger partial charge in [-0.25, -0.2) is 4.39 Å². The van der Waals surface area contributed by atoms with E-state index in [2.05, 4.69) is 10.6 Å². The van der Waals surface area contributed by atoms with Crippen LogP contribution in [-0.4, -0.2) is 32.2 Å². The summed E-state index contributed by atoms with van der Waals surface area (Å²) < 4.78 is 24.6. The largest absolute Gasteiger partial charge is 0.493 e. The van der Waals surface area contributed by atoms with Crippen molar-refractivity contribution in [3.8, 4) is 11.5 Å². The van der Waals surface area contributed by atoms with Crippen LogP contribution in [0.1, 0.15) is 44.7 Å². The second kappa shape index (κ2) is 7.64. The molecule has 2 N–H and O–H groups in total. The summed E-state index contributed by atoms with van der Waals surface area (Å²) in [5.41, 5.74) is 0.532. The van der Waals surface area contributed by atoms with E-state index in [0.717, 1.165) is 12.8 Å². The first-order valence-electron chi connectivity index (χ1n) is 7.91. The predicted octanol–water partition coefficient (Wildman–Crippen LogP) is 2.55. The second-order valence-electron chi connectivity index (χ2n) is 6.06. The van der Waals surface area contributed by atoms with Crippen LogP contribution < -0.4 is 20.1 Å². The van der Waals surface area contributed by atoms with Crippen LogP contribution in [0.4, 0.5) is 4.39 Å². The van der Waals surface area contributed by atoms with Crippen molar-refractivity contribution in [2.45, 2.75) is 51.2 Å². The molecule has 1 aromatic carbocycles. The summed E-state index contributed by atoms with van der Waals surface area (Å²) in [6, 6.07) is 3.18. The van der Waals surface area contributed by atoms with Crippen LogP contribution in [-0.2, 0) is 4.79 Å². The minimum atomic E-state index is -0.330. The standard InChI is InChI=1S/C17H25FN2O3/c1-10(7-12-5-6-17(21)20-12)19-11(2)13-8-15(22-3)16(23-4)9-14(13)18/h8-12,19H,5-7H2,1-4H3,(H,20,21). The molecule has 5 nitrogen and oxygen atoms in total. The van der Waals surface area contributed by atoms with Gasteiger partial charge in [0.05, 0.1) is 14.2 Å². The van der Waals surface area contributed by atoms with Gasteiger partial charge in [0.15, 0.2) is 11.5 Å². The van der Waals surface area contributed by atoms with Crippen LogP contribution in [0.2, 0.25) is 0 Å². The highest BCUT2D eigenvalue weighted by molar-refractivity contribution is 5.78. The molecule has 1 fully saturated rings. The molecule has 1 aliphatic rings. The Morgan fingerprint density at radius 1 is 1.30 bits per heavy atom. The normalized spacial score (nSPS) is 20.0. The highest BCUT2D eigenvalue weighted by Gasteiger charge is 2.24. The Balaban J connectivity index is 2.02. The van der Waals surface area contributed by atoms with Gasteiger partial charge in [-0.2, -0.15) is 0 Å². The van der Waals surface area contributed by atoms with Gasteiger partial charge in [0.2, 0.25) is 5.91 Å². The number of amides is 1. The molecular weight excluding hydrogens is 299 g/mol. The van der Waals surface area contributed by atoms with Crippen molar-refractivity contribution < 1.29 is 18.7 Å². The van der Waals surface area contributed by atoms with Crippen molar-refractivity contribution in [2.75, 3.05) is 14.2 Å². The lowest BCUT2D eigenvalue weighted by Crippen LogP contribution is -2.36. The molecule has 1 aromatic rings. The summed E-state index contributed by atoms with van der Waals surface area (Å²) >= 11 is 0. The number of carbonyl (C=O) groups is 1. The molecule has 0 saturated carbocycles. The van der Waals surface area contributed by atoms with E-state index in [1.807, 2.05) is 13.8 Å². The molecule has 1 amide bonds. The zero-order chi connectivity index (χ0) is 17.0. The molecule has 3 unspecified atom stereocenters. The van der Waals surface area contributed by atoms with Crippen molar-refractivity contribution in [1.82, 2.24) is 10.6 Å². The fourth-order valence-corrected chi connectivity index (χ4v) is 3.07. The maximum atomic E-state index is 14.3. The van der Waals surface area contributed by atoms with Gasteiger partial charge in [0, 0.05) is 36.2 Å². The van der Waals surface area contributed by atoms with Gasteiger partial charge in [-0.05, 0) is 32.8 Å². The smallest absolute Gasteiger partial charge is 0.220 e. The first kappa shape index (κ1) is 17.5. The monoisotopic (exact) mass is 324 g/mol. The third-order valence-electron chi connectivity index (χ3n) is 4.23. The molecule has 6 heteroatoms. The topological polar surface area (TPSA) is 59.6 Å². The van der Waals surface area contributed by atoms with Crippen molar-refractivity contribution in [1.29, 1.82) is 0 Å². The molecule has 0 aliphatic carbocycles. The highest BCUT2D eigenvalue weighted by atomic mass is 19.1. The molecule has 3 atom stereocenters. The molecule has 0 bridgehead atoms. The van der Waals surface area contributed by atoms with E-state index in [1.54, 1.807) is 6.07 Å². The molecule has 128 valence electrons. The van der Waals surface area contributed by atoms with E-state index in [0.29, 0.717) is 23.5 Å². The van der Waals surface area contributed by atoms with Gasteiger partial charge < -0.3 is 20.1 Å². The Labute approximate surface area is 136 Å². The SMILES string of the molecule is COc1cc(F)c(C(C)NC(C)CC2CCC(=O)N2)cc1OC. The van der Waals surface area contributed by atoms with Gasteiger partial charge in [0.1, 0.15) is 5.82 Å². The number of carbonyl (C=O) groups excluding carboxylic acids is 1. The van der Waals surface area contributed by atoms with Crippen LogP contribution in [0.25, 0.3) is 0 Å². The van der Waals surface area contributed by atoms with Crippen molar-refractivity contribution in [2.24, 2.45) is 0 Å². The van der Waals surface area contributed by atoms with Gasteiger partial charge in [-0.3, -0.25) is 4.79 Å². The average Bonchev–Trinajstić information content (AvgIpc) is 2.91. The zero-order valence-corrected chi connectivity index (χ0v) is 14.1. The van der Waals surface area contributed by atoms with Crippen molar-refractivity contribution in [3.05, 3.63) is 23.5 Å². The Bertz CT molecular complexity index is 565. The number of nitrogens with one attached hydrogen (secondary N) is 2. The maximum absolute atomic E-state index is 14.3. The summed E-state index contributed by atoms with van der Waals surface area (Å²) in [5, 5.41) is 6.33. The Kier molecular flexibility index (Phi) is 5.82. The Morgan fingerprint density at radius 2 is 1.96 bits per heavy atom. The molecule has 1 aliphatic heterocycles. The van der Waals surface area contributed by atoms with E-state index in [-0.39, 0.29) is 29.8 Å². The number of ether oxygens (including phenoxy) is 2. The van der Waals surface area contributed by atoms with Crippen molar-refractivity contribution in [3.63, 3.8) is 0 Å². The van der Waals surface area contributed by atoms with Crippen LogP contribution in [0.3, 0.4) is 0 Å². The van der Waals surface area contributed by atoms with Crippen LogP contribution in [0, 0.1) is 5.82 Å². The average molecular weight is 324 g/mol. The number of hydrogen-bond donors (Lipinski definition) is 2. The van der Waals surface area contributed by atoms with E-state index >= 15 is 0 Å². The Hall–Kier alpha value is -1.82. The fraction of sp³-hybridized carbons (Fsp3) is 0.588. The molecule has 23 heavy (non-hydrogen) atoms. The summed E-state index contributed by atoms with van der Waals surface area (Å²) in [6.45, 7) is 3.95. The number of halogens is 1. The lowest BCUT2D eigenvalue weighted by atomic mass is 10.0. The minimum Gasteiger partial charge on any atom is -0.493 e. The summed E-state index contributed by atoms with van der Waals surface area (Å²) in [4.78, 5) is 11.2. The van der Waals surface area contributed by atoms with Gasteiger partial charge in [-0.15, -0.1) is 0 Å². The van der Waals surface area contributed by atoms with Crippen LogP contribution in [0.5, 0.6) is 11.5 Å². The lowest BCUT2D eigenvalue weighted by Gasteiger charge is -2.24. The first-order chi connectivity index (χ1) is 10.9. The maximum Gasteiger partial charge on any atom is 0.220 e. The van der Waals surface area contributed by atoms with E-state index < -0.39 is 0 Å². The van der Waals surface area contributed by atoms with Crippen LogP contribution in [0.15, 0.2) is 12.1 Å². The minimum absolute atomic E-state index is 0.112. The molecule has 2 rings (SSSR count). The number of benzene rings is 1. The van der Waals surface area contributed by atoms with Crippen LogP contribution >= 0.6 is 0 Å². The lowest BCUT2D eigenvalue weighted by molar-refractivity contribution is -0.119. The molecule has 0 spiro atoms. The zero-order valence-electron chi connectivity index (χ0n) is 14.1. The highest BCUT2D eigenvalue weighted by Crippen LogP contribution is 2.32. The molecular formula is C17H25FN2O3. The fourth-order valence-electron chi connectivity index (χ4n) is 3.07. The van der Waals surface area contributed by atoms with Crippen molar-refractivity contribution >= 4 is 5.91 Å². The van der Waals surface area contributed by atoms with Gasteiger partial charge in [0.25, 0.3) is 0 Å². The number of methoxy groups -OCH3 is 2. The predicted molar refractivity (Wildman–Crippen MR) is 86.3 cm³/mol. The third kappa shape index (κ3) is 4.34. The molecule has 1 saturated heterocycles. The molecule has 0 radical (unpaired) electrons. The first-order valence-corrected chi connectivity index (χ1v) is 7.91. The summed E-state index contributed by atoms with van der Waals surface area (Å²) in [7, 11) is 3.01. The van der Waals surface area contributed by atoms with E-state index in [1.165, 1.54) is 20.3 Å². The molecule has 0 aromatic heterocycles. The van der Waals surface area contributed by atoms with Gasteiger partial charge in [-0.1, -0.05) is 0 Å². The summed E-state index contributed by atoms with van der Waals surface area (Å²) in [5.74, 6) is 0.668. The third-order valence-corrected chi connectivity index (χ3v) is 4.23. The molecule has 1 heterocycles. The number of rotatable bonds is 7. The van der Waals surface area contributed by atoms with Gasteiger partial charge >= 0.3 is 0 Å². The number of hydrogen-bond acceptors (Lipinski definition) is 4. The van der Waals surface area contributed by atoms with E-state index in [9.17, 15) is 9.18 Å². The quantitative estimate of drug-likeness (QED) is 0.809.